The van der Waals surface area contributed by atoms with Crippen LogP contribution in [0, 0.1) is 23.3 Å². The minimum Gasteiger partial charge on any atom is -0.477 e. The van der Waals surface area contributed by atoms with E-state index in [1.54, 1.807) is 0 Å². The van der Waals surface area contributed by atoms with Crippen molar-refractivity contribution in [3.63, 3.8) is 0 Å². The van der Waals surface area contributed by atoms with Gasteiger partial charge in [-0.25, -0.2) is 22.6 Å². The molecule has 0 N–H and O–H groups in total. The van der Waals surface area contributed by atoms with Gasteiger partial charge in [0, 0.05) is 18.1 Å². The second-order valence-corrected chi connectivity index (χ2v) is 8.91. The molecular formula is C23H23F4NO3. The topological polar surface area (TPSA) is 40.0 Å². The largest absolute Gasteiger partial charge is 0.477 e. The minimum absolute atomic E-state index is 0.0189. The molecule has 1 fully saturated rings. The predicted octanol–water partition coefficient (Wildman–Crippen LogP) is 5.19. The normalized spacial score (nSPS) is 24.1. The van der Waals surface area contributed by atoms with E-state index < -0.39 is 46.6 Å². The molecule has 0 saturated carbocycles. The highest BCUT2D eigenvalue weighted by atomic mass is 19.2. The van der Waals surface area contributed by atoms with Crippen LogP contribution < -0.4 is 0 Å². The molecule has 8 heteroatoms. The van der Waals surface area contributed by atoms with Crippen LogP contribution in [0.2, 0.25) is 0 Å². The second-order valence-electron chi connectivity index (χ2n) is 8.91. The van der Waals surface area contributed by atoms with Crippen LogP contribution in [0.15, 0.2) is 35.3 Å². The van der Waals surface area contributed by atoms with Crippen molar-refractivity contribution in [2.75, 3.05) is 19.8 Å². The minimum atomic E-state index is -1.55. The molecule has 1 saturated heterocycles. The molecule has 2 aromatic rings. The number of benzene rings is 2. The summed E-state index contributed by atoms with van der Waals surface area (Å²) in [5.41, 5.74) is 0.107. The average molecular weight is 437 g/mol. The second kappa shape index (κ2) is 7.91. The smallest absolute Gasteiger partial charge is 0.223 e. The molecule has 2 aliphatic heterocycles. The van der Waals surface area contributed by atoms with E-state index in [1.807, 2.05) is 24.3 Å². The van der Waals surface area contributed by atoms with Crippen LogP contribution in [-0.4, -0.2) is 31.3 Å². The summed E-state index contributed by atoms with van der Waals surface area (Å²) in [7, 11) is 0. The monoisotopic (exact) mass is 437 g/mol. The Morgan fingerprint density at radius 2 is 1.52 bits per heavy atom. The van der Waals surface area contributed by atoms with E-state index in [9.17, 15) is 17.6 Å². The van der Waals surface area contributed by atoms with E-state index in [0.717, 1.165) is 5.56 Å². The Kier molecular flexibility index (Phi) is 5.55. The van der Waals surface area contributed by atoms with Crippen molar-refractivity contribution >= 4 is 5.90 Å². The van der Waals surface area contributed by atoms with Crippen molar-refractivity contribution in [1.82, 2.24) is 0 Å². The highest BCUT2D eigenvalue weighted by Crippen LogP contribution is 2.35. The number of hydrogen-bond acceptors (Lipinski definition) is 4. The Morgan fingerprint density at radius 1 is 0.935 bits per heavy atom. The molecule has 4 nitrogen and oxygen atoms in total. The zero-order valence-corrected chi connectivity index (χ0v) is 17.5. The van der Waals surface area contributed by atoms with Crippen LogP contribution in [0.25, 0.3) is 0 Å². The molecule has 31 heavy (non-hydrogen) atoms. The lowest BCUT2D eigenvalue weighted by Gasteiger charge is -2.39. The first-order valence-electron chi connectivity index (χ1n) is 9.99. The Morgan fingerprint density at radius 3 is 2.06 bits per heavy atom. The Bertz CT molecular complexity index is 981. The van der Waals surface area contributed by atoms with Crippen molar-refractivity contribution in [2.24, 2.45) is 4.99 Å². The average Bonchev–Trinajstić information content (AvgIpc) is 2.73. The number of aliphatic imine (C=N–C) groups is 1. The standard InChI is InChI=1S/C23H23F4NO3/c1-22(2,3)14-6-4-13(5-7-14)21-30-11-23(12-31-21)8-9-29-20(28-23)17-18(26)15(24)10-16(25)19(17)27/h4-7,10,21H,8-9,11-12H2,1-3H3. The summed E-state index contributed by atoms with van der Waals surface area (Å²) >= 11 is 0. The van der Waals surface area contributed by atoms with Crippen LogP contribution in [0.1, 0.15) is 50.2 Å². The summed E-state index contributed by atoms with van der Waals surface area (Å²) in [6, 6.07) is 8.04. The number of rotatable bonds is 2. The Hall–Kier alpha value is -2.45. The Labute approximate surface area is 177 Å². The first-order valence-corrected chi connectivity index (χ1v) is 9.99. The molecule has 0 aliphatic carbocycles. The van der Waals surface area contributed by atoms with E-state index in [1.165, 1.54) is 5.56 Å². The first kappa shape index (κ1) is 21.8. The zero-order chi connectivity index (χ0) is 22.4. The molecule has 2 aliphatic rings. The van der Waals surface area contributed by atoms with E-state index in [0.29, 0.717) is 6.42 Å². The lowest BCUT2D eigenvalue weighted by Crippen LogP contribution is -2.47. The molecule has 0 unspecified atom stereocenters. The van der Waals surface area contributed by atoms with Crippen molar-refractivity contribution in [3.05, 3.63) is 70.3 Å². The molecule has 0 atom stereocenters. The number of halogens is 4. The third-order valence-electron chi connectivity index (χ3n) is 5.53. The van der Waals surface area contributed by atoms with Crippen LogP contribution in [-0.2, 0) is 19.6 Å². The van der Waals surface area contributed by atoms with Gasteiger partial charge < -0.3 is 14.2 Å². The van der Waals surface area contributed by atoms with E-state index in [-0.39, 0.29) is 31.3 Å². The number of hydrogen-bond donors (Lipinski definition) is 0. The summed E-state index contributed by atoms with van der Waals surface area (Å²) in [5.74, 6) is -6.64. The molecule has 0 aromatic heterocycles. The highest BCUT2D eigenvalue weighted by Gasteiger charge is 2.41. The van der Waals surface area contributed by atoms with E-state index in [4.69, 9.17) is 14.2 Å². The number of ether oxygens (including phenoxy) is 3. The maximum absolute atomic E-state index is 14.2. The van der Waals surface area contributed by atoms with Crippen LogP contribution >= 0.6 is 0 Å². The Balaban J connectivity index is 1.55. The third-order valence-corrected chi connectivity index (χ3v) is 5.53. The predicted molar refractivity (Wildman–Crippen MR) is 106 cm³/mol. The van der Waals surface area contributed by atoms with E-state index in [2.05, 4.69) is 25.8 Å². The van der Waals surface area contributed by atoms with Gasteiger partial charge in [0.25, 0.3) is 0 Å². The summed E-state index contributed by atoms with van der Waals surface area (Å²) in [5, 5.41) is 0. The lowest BCUT2D eigenvalue weighted by molar-refractivity contribution is -0.214. The van der Waals surface area contributed by atoms with Crippen molar-refractivity contribution in [2.45, 2.75) is 44.4 Å². The van der Waals surface area contributed by atoms with Crippen molar-refractivity contribution in [3.8, 4) is 0 Å². The van der Waals surface area contributed by atoms with Gasteiger partial charge in [-0.2, -0.15) is 0 Å². The molecule has 2 heterocycles. The summed E-state index contributed by atoms with van der Waals surface area (Å²) in [4.78, 5) is 4.25. The van der Waals surface area contributed by atoms with Gasteiger partial charge in [0.05, 0.1) is 19.8 Å². The molecule has 166 valence electrons. The van der Waals surface area contributed by atoms with Crippen molar-refractivity contribution < 1.29 is 31.8 Å². The van der Waals surface area contributed by atoms with Crippen molar-refractivity contribution in [1.29, 1.82) is 0 Å². The van der Waals surface area contributed by atoms with Gasteiger partial charge in [0.2, 0.25) is 5.90 Å². The fourth-order valence-electron chi connectivity index (χ4n) is 3.62. The zero-order valence-electron chi connectivity index (χ0n) is 17.5. The first-order chi connectivity index (χ1) is 14.6. The van der Waals surface area contributed by atoms with Gasteiger partial charge in [-0.15, -0.1) is 0 Å². The molecular weight excluding hydrogens is 414 g/mol. The fourth-order valence-corrected chi connectivity index (χ4v) is 3.62. The summed E-state index contributed by atoms with van der Waals surface area (Å²) in [6.07, 6.45) is -0.242. The van der Waals surface area contributed by atoms with Crippen LogP contribution in [0.5, 0.6) is 0 Å². The summed E-state index contributed by atoms with van der Waals surface area (Å²) < 4.78 is 72.5. The van der Waals surface area contributed by atoms with Gasteiger partial charge in [-0.1, -0.05) is 45.0 Å². The van der Waals surface area contributed by atoms with Gasteiger partial charge in [-0.05, 0) is 11.0 Å². The summed E-state index contributed by atoms with van der Waals surface area (Å²) in [6.45, 7) is 6.62. The third kappa shape index (κ3) is 4.19. The van der Waals surface area contributed by atoms with Gasteiger partial charge in [-0.3, -0.25) is 0 Å². The molecule has 0 radical (unpaired) electrons. The van der Waals surface area contributed by atoms with E-state index >= 15 is 0 Å². The molecule has 0 bridgehead atoms. The maximum atomic E-state index is 14.2. The molecule has 1 spiro atoms. The lowest BCUT2D eigenvalue weighted by atomic mass is 9.86. The fraction of sp³-hybridized carbons (Fsp3) is 0.435. The van der Waals surface area contributed by atoms with Gasteiger partial charge >= 0.3 is 0 Å². The number of nitrogens with zero attached hydrogens (tertiary/aromatic N) is 1. The molecule has 4 rings (SSSR count). The van der Waals surface area contributed by atoms with Gasteiger partial charge in [0.1, 0.15) is 11.1 Å². The SMILES string of the molecule is CC(C)(C)c1ccc(C2OCC3(CCOC(c4c(F)c(F)cc(F)c4F)=N3)CO2)cc1. The highest BCUT2D eigenvalue weighted by molar-refractivity contribution is 5.95. The van der Waals surface area contributed by atoms with Crippen LogP contribution in [0.4, 0.5) is 17.6 Å². The quantitative estimate of drug-likeness (QED) is 0.480. The molecule has 2 aromatic carbocycles. The maximum Gasteiger partial charge on any atom is 0.223 e. The van der Waals surface area contributed by atoms with Gasteiger partial charge in [0.15, 0.2) is 29.6 Å². The van der Waals surface area contributed by atoms with Crippen LogP contribution in [0.3, 0.4) is 0 Å². The molecule has 0 amide bonds.